The Morgan fingerprint density at radius 2 is 0.571 bits per heavy atom. The lowest BCUT2D eigenvalue weighted by Gasteiger charge is -2.21. The number of hydrogen-bond donors (Lipinski definition) is 0. The molecule has 0 saturated carbocycles. The lowest BCUT2D eigenvalue weighted by molar-refractivity contribution is 1.07. The normalized spacial score (nSPS) is 11.6. The van der Waals surface area contributed by atoms with Crippen molar-refractivity contribution >= 4 is 64.6 Å². The van der Waals surface area contributed by atoms with Gasteiger partial charge in [0.05, 0.1) is 11.4 Å². The summed E-state index contributed by atoms with van der Waals surface area (Å²) in [5.41, 5.74) is 16.0. The van der Waals surface area contributed by atoms with E-state index in [1.54, 1.807) is 0 Å². The topological polar surface area (TPSA) is 17.8 Å². The van der Waals surface area contributed by atoms with Crippen LogP contribution in [0.2, 0.25) is 0 Å². The van der Waals surface area contributed by atoms with Crippen molar-refractivity contribution in [2.24, 2.45) is 0 Å². The number of benzene rings is 14. The van der Waals surface area contributed by atoms with Crippen LogP contribution >= 0.6 is 0 Å². The van der Waals surface area contributed by atoms with E-state index in [0.29, 0.717) is 0 Å². The second-order valence-electron chi connectivity index (χ2n) is 20.1. The third-order valence-corrected chi connectivity index (χ3v) is 15.7. The molecule has 77 heavy (non-hydrogen) atoms. The van der Waals surface area contributed by atoms with E-state index in [9.17, 15) is 0 Å². The van der Waals surface area contributed by atoms with Gasteiger partial charge in [0.2, 0.25) is 0 Å². The summed E-state index contributed by atoms with van der Waals surface area (Å²) in [5, 5.41) is 14.7. The molecule has 0 spiro atoms. The molecule has 0 aliphatic rings. The number of nitrogens with zero attached hydrogens (tertiary/aromatic N) is 2. The van der Waals surface area contributed by atoms with Gasteiger partial charge < -0.3 is 0 Å². The van der Waals surface area contributed by atoms with Gasteiger partial charge in [0.15, 0.2) is 0 Å². The van der Waals surface area contributed by atoms with E-state index >= 15 is 0 Å². The van der Waals surface area contributed by atoms with Crippen molar-refractivity contribution in [2.45, 2.75) is 0 Å². The van der Waals surface area contributed by atoms with Crippen LogP contribution in [0.5, 0.6) is 0 Å². The Morgan fingerprint density at radius 3 is 1.08 bits per heavy atom. The standard InChI is InChI=1S/C75H48N2/c1-4-22-52(23-5-1)73-74(53-24-6-2-7-25-53)77(60-28-8-3-9-29-60)75(76-73)54-40-38-51(39-41-54)69-61-30-14-16-32-63(61)71(64-33-17-15-31-62(64)69)59-44-45-67-68(48-59)72(58-43-37-50-21-11-13-27-56(50)47-58)66-35-19-18-34-65(66)70(67)57-42-36-49-20-10-12-26-55(49)46-57/h1-48H. The molecule has 0 saturated heterocycles. The van der Waals surface area contributed by atoms with Crippen molar-refractivity contribution in [3.63, 3.8) is 0 Å². The van der Waals surface area contributed by atoms with Crippen LogP contribution in [0.1, 0.15) is 0 Å². The lowest BCUT2D eigenvalue weighted by atomic mass is 9.82. The number of para-hydroxylation sites is 1. The fraction of sp³-hybridized carbons (Fsp3) is 0. The summed E-state index contributed by atoms with van der Waals surface area (Å²) in [6.45, 7) is 0. The second kappa shape index (κ2) is 18.3. The summed E-state index contributed by atoms with van der Waals surface area (Å²) in [6, 6.07) is 107. The van der Waals surface area contributed by atoms with Gasteiger partial charge in [0, 0.05) is 22.4 Å². The molecule has 0 amide bonds. The maximum absolute atomic E-state index is 5.53. The third-order valence-electron chi connectivity index (χ3n) is 15.7. The van der Waals surface area contributed by atoms with Crippen molar-refractivity contribution in [3.8, 4) is 84.1 Å². The van der Waals surface area contributed by atoms with Gasteiger partial charge in [-0.2, -0.15) is 0 Å². The number of aromatic nitrogens is 2. The first kappa shape index (κ1) is 44.3. The molecule has 0 radical (unpaired) electrons. The molecule has 0 unspecified atom stereocenters. The Labute approximate surface area is 447 Å². The average molecular weight is 977 g/mol. The largest absolute Gasteiger partial charge is 0.292 e. The van der Waals surface area contributed by atoms with Gasteiger partial charge in [0.25, 0.3) is 0 Å². The molecule has 0 fully saturated rings. The minimum atomic E-state index is 0.890. The fourth-order valence-electron chi connectivity index (χ4n) is 12.3. The summed E-state index contributed by atoms with van der Waals surface area (Å²) >= 11 is 0. The first-order valence-corrected chi connectivity index (χ1v) is 26.5. The van der Waals surface area contributed by atoms with Crippen molar-refractivity contribution in [1.29, 1.82) is 0 Å². The van der Waals surface area contributed by atoms with Crippen LogP contribution in [0, 0.1) is 0 Å². The van der Waals surface area contributed by atoms with Crippen molar-refractivity contribution in [1.82, 2.24) is 9.55 Å². The molecule has 358 valence electrons. The zero-order chi connectivity index (χ0) is 50.8. The Balaban J connectivity index is 0.942. The molecular formula is C75H48N2. The maximum Gasteiger partial charge on any atom is 0.145 e. The summed E-state index contributed by atoms with van der Waals surface area (Å²) in [6.07, 6.45) is 0. The summed E-state index contributed by atoms with van der Waals surface area (Å²) in [7, 11) is 0. The summed E-state index contributed by atoms with van der Waals surface area (Å²) < 4.78 is 2.33. The molecule has 15 rings (SSSR count). The quantitative estimate of drug-likeness (QED) is 0.139. The van der Waals surface area contributed by atoms with Crippen LogP contribution < -0.4 is 0 Å². The van der Waals surface area contributed by atoms with Crippen molar-refractivity contribution < 1.29 is 0 Å². The number of rotatable bonds is 8. The van der Waals surface area contributed by atoms with Gasteiger partial charge in [-0.25, -0.2) is 4.98 Å². The number of imidazole rings is 1. The van der Waals surface area contributed by atoms with Crippen LogP contribution in [0.3, 0.4) is 0 Å². The van der Waals surface area contributed by atoms with Gasteiger partial charge in [-0.3, -0.25) is 4.57 Å². The monoisotopic (exact) mass is 976 g/mol. The highest BCUT2D eigenvalue weighted by molar-refractivity contribution is 6.25. The van der Waals surface area contributed by atoms with E-state index in [4.69, 9.17) is 4.98 Å². The van der Waals surface area contributed by atoms with E-state index in [1.165, 1.54) is 104 Å². The zero-order valence-electron chi connectivity index (χ0n) is 42.1. The highest BCUT2D eigenvalue weighted by Gasteiger charge is 2.24. The van der Waals surface area contributed by atoms with Gasteiger partial charge in [-0.1, -0.05) is 261 Å². The van der Waals surface area contributed by atoms with Gasteiger partial charge in [0.1, 0.15) is 5.82 Å². The van der Waals surface area contributed by atoms with Crippen LogP contribution in [-0.2, 0) is 0 Å². The molecule has 0 aliphatic heterocycles. The average Bonchev–Trinajstić information content (AvgIpc) is 3.94. The van der Waals surface area contributed by atoms with Crippen LogP contribution in [-0.4, -0.2) is 9.55 Å². The van der Waals surface area contributed by atoms with E-state index in [2.05, 4.69) is 296 Å². The summed E-state index contributed by atoms with van der Waals surface area (Å²) in [5.74, 6) is 0.890. The number of fused-ring (bicyclic) bond motifs is 6. The Morgan fingerprint density at radius 1 is 0.221 bits per heavy atom. The molecular weight excluding hydrogens is 929 g/mol. The molecule has 1 heterocycles. The molecule has 2 heteroatoms. The van der Waals surface area contributed by atoms with Gasteiger partial charge in [-0.05, 0) is 139 Å². The Kier molecular flexibility index (Phi) is 10.6. The first-order valence-electron chi connectivity index (χ1n) is 26.5. The lowest BCUT2D eigenvalue weighted by Crippen LogP contribution is -2.00. The molecule has 2 nitrogen and oxygen atoms in total. The van der Waals surface area contributed by atoms with Gasteiger partial charge in [-0.15, -0.1) is 0 Å². The molecule has 0 bridgehead atoms. The smallest absolute Gasteiger partial charge is 0.145 e. The molecule has 0 atom stereocenters. The van der Waals surface area contributed by atoms with E-state index in [0.717, 1.165) is 45.2 Å². The fourth-order valence-corrected chi connectivity index (χ4v) is 12.3. The van der Waals surface area contributed by atoms with E-state index in [1.807, 2.05) is 0 Å². The predicted molar refractivity (Wildman–Crippen MR) is 327 cm³/mol. The predicted octanol–water partition coefficient (Wildman–Crippen LogP) is 20.5. The minimum absolute atomic E-state index is 0.890. The summed E-state index contributed by atoms with van der Waals surface area (Å²) in [4.78, 5) is 5.53. The first-order chi connectivity index (χ1) is 38.2. The molecule has 14 aromatic carbocycles. The van der Waals surface area contributed by atoms with Gasteiger partial charge >= 0.3 is 0 Å². The molecule has 15 aromatic rings. The van der Waals surface area contributed by atoms with Crippen LogP contribution in [0.15, 0.2) is 291 Å². The molecule has 0 N–H and O–H groups in total. The van der Waals surface area contributed by atoms with Crippen LogP contribution in [0.4, 0.5) is 0 Å². The highest BCUT2D eigenvalue weighted by Crippen LogP contribution is 2.49. The Bertz CT molecular complexity index is 4710. The van der Waals surface area contributed by atoms with E-state index < -0.39 is 0 Å². The SMILES string of the molecule is c1ccc(-c2nc(-c3ccc(-c4c5ccccc5c(-c5ccc6c(-c7ccc8ccccc8c7)c7ccccc7c(-c7ccc8ccccc8c7)c6c5)c5ccccc45)cc3)n(-c3ccccc3)c2-c2ccccc2)cc1. The van der Waals surface area contributed by atoms with Crippen LogP contribution in [0.25, 0.3) is 149 Å². The third kappa shape index (κ3) is 7.45. The highest BCUT2D eigenvalue weighted by atomic mass is 15.1. The second-order valence-corrected chi connectivity index (χ2v) is 20.1. The maximum atomic E-state index is 5.53. The molecule has 1 aromatic heterocycles. The van der Waals surface area contributed by atoms with Crippen molar-refractivity contribution in [2.75, 3.05) is 0 Å². The number of hydrogen-bond acceptors (Lipinski definition) is 1. The Hall–Kier alpha value is -10.2. The van der Waals surface area contributed by atoms with E-state index in [-0.39, 0.29) is 0 Å². The van der Waals surface area contributed by atoms with Crippen molar-refractivity contribution in [3.05, 3.63) is 291 Å². The zero-order valence-corrected chi connectivity index (χ0v) is 42.1. The molecule has 0 aliphatic carbocycles. The minimum Gasteiger partial charge on any atom is -0.292 e.